The second kappa shape index (κ2) is 4.98. The van der Waals surface area contributed by atoms with E-state index in [1.54, 1.807) is 12.1 Å². The Kier molecular flexibility index (Phi) is 3.30. The van der Waals surface area contributed by atoms with Crippen LogP contribution in [0.5, 0.6) is 0 Å². The van der Waals surface area contributed by atoms with Crippen LogP contribution in [0.2, 0.25) is 0 Å². The Hall–Kier alpha value is -1.75. The van der Waals surface area contributed by atoms with Gasteiger partial charge in [-0.1, -0.05) is 34.1 Å². The Bertz CT molecular complexity index is 679. The first-order valence-corrected chi connectivity index (χ1v) is 6.91. The van der Waals surface area contributed by atoms with E-state index in [2.05, 4.69) is 15.9 Å². The number of halogens is 3. The van der Waals surface area contributed by atoms with E-state index in [9.17, 15) is 13.6 Å². The van der Waals surface area contributed by atoms with Gasteiger partial charge in [0.25, 0.3) is 5.91 Å². The van der Waals surface area contributed by atoms with Crippen molar-refractivity contribution in [3.8, 4) is 0 Å². The molecule has 0 unspecified atom stereocenters. The minimum atomic E-state index is -0.746. The van der Waals surface area contributed by atoms with Crippen molar-refractivity contribution in [2.45, 2.75) is 6.42 Å². The Morgan fingerprint density at radius 3 is 2.45 bits per heavy atom. The normalized spacial score (nSPS) is 14.3. The van der Waals surface area contributed by atoms with E-state index < -0.39 is 11.6 Å². The second-order valence-electron chi connectivity index (χ2n) is 4.58. The average molecular weight is 338 g/mol. The third-order valence-corrected chi connectivity index (χ3v) is 3.81. The molecule has 0 atom stereocenters. The molecule has 1 aliphatic rings. The van der Waals surface area contributed by atoms with Crippen LogP contribution in [-0.4, -0.2) is 12.5 Å². The number of hydrogen-bond acceptors (Lipinski definition) is 1. The third kappa shape index (κ3) is 2.12. The molecule has 1 aliphatic heterocycles. The molecule has 0 saturated heterocycles. The Morgan fingerprint density at radius 1 is 1.10 bits per heavy atom. The molecule has 5 heteroatoms. The van der Waals surface area contributed by atoms with Crippen molar-refractivity contribution in [3.05, 3.63) is 63.6 Å². The van der Waals surface area contributed by atoms with Crippen molar-refractivity contribution >= 4 is 27.5 Å². The van der Waals surface area contributed by atoms with Gasteiger partial charge in [0.1, 0.15) is 5.69 Å². The largest absolute Gasteiger partial charge is 0.303 e. The van der Waals surface area contributed by atoms with Crippen molar-refractivity contribution in [2.24, 2.45) is 0 Å². The topological polar surface area (TPSA) is 20.3 Å². The van der Waals surface area contributed by atoms with E-state index in [1.807, 2.05) is 12.1 Å². The number of rotatable bonds is 1. The molecule has 1 amide bonds. The van der Waals surface area contributed by atoms with E-state index in [0.29, 0.717) is 16.5 Å². The predicted molar refractivity (Wildman–Crippen MR) is 75.9 cm³/mol. The first kappa shape index (κ1) is 13.2. The van der Waals surface area contributed by atoms with Gasteiger partial charge in [0, 0.05) is 16.6 Å². The van der Waals surface area contributed by atoms with Gasteiger partial charge in [0.05, 0.1) is 0 Å². The Morgan fingerprint density at radius 2 is 1.75 bits per heavy atom. The van der Waals surface area contributed by atoms with Crippen LogP contribution in [0, 0.1) is 11.6 Å². The zero-order valence-electron chi connectivity index (χ0n) is 10.4. The predicted octanol–water partition coefficient (Wildman–Crippen LogP) is 3.93. The van der Waals surface area contributed by atoms with Crippen molar-refractivity contribution in [2.75, 3.05) is 11.4 Å². The number of nitrogens with zero attached hydrogens (tertiary/aromatic N) is 1. The highest BCUT2D eigenvalue weighted by atomic mass is 79.9. The van der Waals surface area contributed by atoms with E-state index in [-0.39, 0.29) is 18.1 Å². The summed E-state index contributed by atoms with van der Waals surface area (Å²) in [4.78, 5) is 13.6. The van der Waals surface area contributed by atoms with Gasteiger partial charge >= 0.3 is 0 Å². The monoisotopic (exact) mass is 337 g/mol. The van der Waals surface area contributed by atoms with Crippen LogP contribution in [0.4, 0.5) is 14.5 Å². The number of fused-ring (bicyclic) bond motifs is 1. The van der Waals surface area contributed by atoms with Gasteiger partial charge < -0.3 is 4.90 Å². The van der Waals surface area contributed by atoms with E-state index >= 15 is 0 Å². The summed E-state index contributed by atoms with van der Waals surface area (Å²) in [6, 6.07) is 9.45. The summed E-state index contributed by atoms with van der Waals surface area (Å²) in [5.41, 5.74) is 1.12. The minimum Gasteiger partial charge on any atom is -0.303 e. The summed E-state index contributed by atoms with van der Waals surface area (Å²) in [5, 5.41) is 0. The maximum Gasteiger partial charge on any atom is 0.258 e. The zero-order chi connectivity index (χ0) is 14.3. The van der Waals surface area contributed by atoms with Gasteiger partial charge in [0.15, 0.2) is 11.6 Å². The SMILES string of the molecule is O=C1c2ccccc2CCN1c1c(F)cc(Br)cc1F. The smallest absolute Gasteiger partial charge is 0.258 e. The lowest BCUT2D eigenvalue weighted by molar-refractivity contribution is 0.0978. The summed E-state index contributed by atoms with van der Waals surface area (Å²) in [7, 11) is 0. The number of hydrogen-bond donors (Lipinski definition) is 0. The van der Waals surface area contributed by atoms with Crippen molar-refractivity contribution < 1.29 is 13.6 Å². The molecule has 20 heavy (non-hydrogen) atoms. The molecule has 2 aromatic carbocycles. The molecular weight excluding hydrogens is 328 g/mol. The van der Waals surface area contributed by atoms with Gasteiger partial charge in [-0.25, -0.2) is 8.78 Å². The molecule has 0 aromatic heterocycles. The maximum absolute atomic E-state index is 14.0. The molecule has 0 saturated carbocycles. The second-order valence-corrected chi connectivity index (χ2v) is 5.50. The molecule has 0 radical (unpaired) electrons. The molecule has 0 bridgehead atoms. The van der Waals surface area contributed by atoms with Crippen LogP contribution in [0.3, 0.4) is 0 Å². The first-order chi connectivity index (χ1) is 9.58. The van der Waals surface area contributed by atoms with Gasteiger partial charge in [-0.2, -0.15) is 0 Å². The average Bonchev–Trinajstić information content (AvgIpc) is 2.40. The molecule has 0 spiro atoms. The van der Waals surface area contributed by atoms with E-state index in [4.69, 9.17) is 0 Å². The Balaban J connectivity index is 2.08. The quantitative estimate of drug-likeness (QED) is 0.772. The fourth-order valence-corrected chi connectivity index (χ4v) is 2.83. The molecule has 2 aromatic rings. The summed E-state index contributed by atoms with van der Waals surface area (Å²) < 4.78 is 28.3. The Labute approximate surface area is 123 Å². The van der Waals surface area contributed by atoms with Gasteiger partial charge in [0.2, 0.25) is 0 Å². The van der Waals surface area contributed by atoms with Crippen LogP contribution in [0.15, 0.2) is 40.9 Å². The maximum atomic E-state index is 14.0. The molecule has 0 fully saturated rings. The zero-order valence-corrected chi connectivity index (χ0v) is 12.0. The molecule has 0 N–H and O–H groups in total. The van der Waals surface area contributed by atoms with Crippen molar-refractivity contribution in [1.29, 1.82) is 0 Å². The lowest BCUT2D eigenvalue weighted by Gasteiger charge is -2.29. The van der Waals surface area contributed by atoms with Crippen LogP contribution in [0.25, 0.3) is 0 Å². The molecule has 1 heterocycles. The summed E-state index contributed by atoms with van der Waals surface area (Å²) in [6.07, 6.45) is 0.580. The van der Waals surface area contributed by atoms with Gasteiger partial charge in [-0.3, -0.25) is 4.79 Å². The van der Waals surface area contributed by atoms with Crippen molar-refractivity contribution in [3.63, 3.8) is 0 Å². The van der Waals surface area contributed by atoms with Gasteiger partial charge in [-0.15, -0.1) is 0 Å². The molecule has 2 nitrogen and oxygen atoms in total. The highest BCUT2D eigenvalue weighted by molar-refractivity contribution is 9.10. The third-order valence-electron chi connectivity index (χ3n) is 3.35. The van der Waals surface area contributed by atoms with Crippen LogP contribution in [-0.2, 0) is 6.42 Å². The number of anilines is 1. The lowest BCUT2D eigenvalue weighted by Crippen LogP contribution is -2.38. The van der Waals surface area contributed by atoms with Crippen LogP contribution >= 0.6 is 15.9 Å². The fraction of sp³-hybridized carbons (Fsp3) is 0.133. The van der Waals surface area contributed by atoms with E-state index in [1.165, 1.54) is 4.90 Å². The summed E-state index contributed by atoms with van der Waals surface area (Å²) in [5.74, 6) is -1.86. The molecule has 102 valence electrons. The first-order valence-electron chi connectivity index (χ1n) is 6.12. The van der Waals surface area contributed by atoms with Gasteiger partial charge in [-0.05, 0) is 30.2 Å². The standard InChI is InChI=1S/C15H10BrF2NO/c16-10-7-12(17)14(13(18)8-10)19-6-5-9-3-1-2-4-11(9)15(19)20/h1-4,7-8H,5-6H2. The summed E-state index contributed by atoms with van der Waals surface area (Å²) in [6.45, 7) is 0.269. The number of carbonyl (C=O) groups excluding carboxylic acids is 1. The fourth-order valence-electron chi connectivity index (χ4n) is 2.43. The number of carbonyl (C=O) groups is 1. The number of amides is 1. The molecule has 0 aliphatic carbocycles. The minimum absolute atomic E-state index is 0.269. The van der Waals surface area contributed by atoms with Crippen LogP contribution < -0.4 is 4.90 Å². The molecule has 3 rings (SSSR count). The highest BCUT2D eigenvalue weighted by Crippen LogP contribution is 2.31. The van der Waals surface area contributed by atoms with E-state index in [0.717, 1.165) is 17.7 Å². The lowest BCUT2D eigenvalue weighted by atomic mass is 9.98. The van der Waals surface area contributed by atoms with Crippen molar-refractivity contribution in [1.82, 2.24) is 0 Å². The summed E-state index contributed by atoms with van der Waals surface area (Å²) >= 11 is 3.03. The molecular formula is C15H10BrF2NO. The number of benzene rings is 2. The highest BCUT2D eigenvalue weighted by Gasteiger charge is 2.29. The van der Waals surface area contributed by atoms with Crippen LogP contribution in [0.1, 0.15) is 15.9 Å².